The number of aromatic amines is 1. The molecule has 1 atom stereocenters. The Hall–Kier alpha value is -3.26. The first-order chi connectivity index (χ1) is 14.0. The molecule has 0 saturated carbocycles. The summed E-state index contributed by atoms with van der Waals surface area (Å²) < 4.78 is 26.6. The quantitative estimate of drug-likeness (QED) is 0.577. The number of nitrogens with one attached hydrogen (secondary N) is 2. The summed E-state index contributed by atoms with van der Waals surface area (Å²) >= 11 is 0. The second-order valence-electron chi connectivity index (χ2n) is 7.06. The number of anilines is 1. The molecule has 3 N–H and O–H groups in total. The lowest BCUT2D eigenvalue weighted by molar-refractivity contribution is -0.125. The Morgan fingerprint density at radius 3 is 2.79 bits per heavy atom. The van der Waals surface area contributed by atoms with Gasteiger partial charge >= 0.3 is 0 Å². The van der Waals surface area contributed by atoms with Gasteiger partial charge in [0.1, 0.15) is 11.6 Å². The summed E-state index contributed by atoms with van der Waals surface area (Å²) in [5.41, 5.74) is 2.66. The number of benzene rings is 2. The largest absolute Gasteiger partial charge is 0.391 e. The molecule has 150 valence electrons. The fourth-order valence-electron chi connectivity index (χ4n) is 3.39. The third-order valence-corrected chi connectivity index (χ3v) is 4.87. The van der Waals surface area contributed by atoms with Crippen LogP contribution >= 0.6 is 0 Å². The van der Waals surface area contributed by atoms with Crippen molar-refractivity contribution in [2.24, 2.45) is 0 Å². The Labute approximate surface area is 165 Å². The number of β-amino-alcohol motifs (C(OH)–C–C–N with tert-alkyl or cyclic N) is 1. The Morgan fingerprint density at radius 1 is 1.28 bits per heavy atom. The summed E-state index contributed by atoms with van der Waals surface area (Å²) in [6.07, 6.45) is 3.22. The molecule has 0 spiro atoms. The molecule has 29 heavy (non-hydrogen) atoms. The highest BCUT2D eigenvalue weighted by molar-refractivity contribution is 5.96. The van der Waals surface area contributed by atoms with Crippen molar-refractivity contribution in [2.75, 3.05) is 18.4 Å². The lowest BCUT2D eigenvalue weighted by Crippen LogP contribution is -2.27. The predicted octanol–water partition coefficient (Wildman–Crippen LogP) is 3.06. The summed E-state index contributed by atoms with van der Waals surface area (Å²) in [4.78, 5) is 13.8. The number of aliphatic hydroxyl groups is 1. The van der Waals surface area contributed by atoms with Gasteiger partial charge in [0.25, 0.3) is 0 Å². The molecule has 1 fully saturated rings. The zero-order valence-electron chi connectivity index (χ0n) is 15.5. The van der Waals surface area contributed by atoms with Gasteiger partial charge in [-0.25, -0.2) is 8.78 Å². The maximum atomic E-state index is 13.3. The number of halogens is 2. The minimum atomic E-state index is -0.616. The number of rotatable bonds is 5. The average molecular weight is 398 g/mol. The van der Waals surface area contributed by atoms with Crippen LogP contribution < -0.4 is 5.32 Å². The van der Waals surface area contributed by atoms with Crippen LogP contribution in [0, 0.1) is 11.6 Å². The van der Waals surface area contributed by atoms with Crippen LogP contribution in [0.15, 0.2) is 42.5 Å². The molecule has 2 aromatic carbocycles. The third-order valence-electron chi connectivity index (χ3n) is 4.87. The summed E-state index contributed by atoms with van der Waals surface area (Å²) in [7, 11) is 0. The highest BCUT2D eigenvalue weighted by Gasteiger charge is 2.22. The summed E-state index contributed by atoms with van der Waals surface area (Å²) in [5.74, 6) is -1.40. The SMILES string of the molecule is O=C(/C=C/c1n[nH]c2ccc(NCc3cc(F)cc(F)c3)cc12)N1CC[C@H](O)C1. The molecule has 0 unspecified atom stereocenters. The summed E-state index contributed by atoms with van der Waals surface area (Å²) in [6, 6.07) is 8.93. The molecule has 4 rings (SSSR count). The van der Waals surface area contributed by atoms with Crippen LogP contribution in [0.25, 0.3) is 17.0 Å². The van der Waals surface area contributed by atoms with Crippen LogP contribution in [0.4, 0.5) is 14.5 Å². The molecular weight excluding hydrogens is 378 g/mol. The molecule has 1 amide bonds. The van der Waals surface area contributed by atoms with E-state index in [0.717, 1.165) is 22.7 Å². The fraction of sp³-hybridized carbons (Fsp3) is 0.238. The number of fused-ring (bicyclic) bond motifs is 1. The van der Waals surface area contributed by atoms with E-state index >= 15 is 0 Å². The van der Waals surface area contributed by atoms with Crippen molar-refractivity contribution < 1.29 is 18.7 Å². The van der Waals surface area contributed by atoms with E-state index in [0.29, 0.717) is 30.8 Å². The second-order valence-corrected chi connectivity index (χ2v) is 7.06. The monoisotopic (exact) mass is 398 g/mol. The summed E-state index contributed by atoms with van der Waals surface area (Å²) in [6.45, 7) is 1.15. The van der Waals surface area contributed by atoms with Crippen LogP contribution in [0.5, 0.6) is 0 Å². The molecule has 2 heterocycles. The van der Waals surface area contributed by atoms with E-state index in [2.05, 4.69) is 15.5 Å². The Kier molecular flexibility index (Phi) is 5.26. The van der Waals surface area contributed by atoms with E-state index in [-0.39, 0.29) is 12.5 Å². The van der Waals surface area contributed by atoms with E-state index in [9.17, 15) is 18.7 Å². The van der Waals surface area contributed by atoms with Gasteiger partial charge in [0, 0.05) is 42.9 Å². The number of H-pyrrole nitrogens is 1. The van der Waals surface area contributed by atoms with Crippen molar-refractivity contribution >= 4 is 28.6 Å². The van der Waals surface area contributed by atoms with E-state index in [1.54, 1.807) is 11.0 Å². The molecule has 1 aromatic heterocycles. The number of hydrogen-bond acceptors (Lipinski definition) is 4. The van der Waals surface area contributed by atoms with Crippen LogP contribution in [0.1, 0.15) is 17.7 Å². The second kappa shape index (κ2) is 8.00. The molecule has 6 nitrogen and oxygen atoms in total. The minimum Gasteiger partial charge on any atom is -0.391 e. The number of aliphatic hydroxyl groups excluding tert-OH is 1. The number of amides is 1. The van der Waals surface area contributed by atoms with Crippen molar-refractivity contribution in [1.82, 2.24) is 15.1 Å². The maximum Gasteiger partial charge on any atom is 0.246 e. The molecule has 0 bridgehead atoms. The number of hydrogen-bond donors (Lipinski definition) is 3. The van der Waals surface area contributed by atoms with E-state index in [4.69, 9.17) is 0 Å². The minimum absolute atomic E-state index is 0.167. The molecule has 1 aliphatic heterocycles. The van der Waals surface area contributed by atoms with Crippen molar-refractivity contribution in [1.29, 1.82) is 0 Å². The molecule has 0 radical (unpaired) electrons. The van der Waals surface area contributed by atoms with Gasteiger partial charge in [-0.1, -0.05) is 0 Å². The number of nitrogens with zero attached hydrogens (tertiary/aromatic N) is 2. The average Bonchev–Trinajstić information content (AvgIpc) is 3.29. The van der Waals surface area contributed by atoms with E-state index in [1.807, 2.05) is 18.2 Å². The van der Waals surface area contributed by atoms with Gasteiger partial charge < -0.3 is 15.3 Å². The number of aromatic nitrogens is 2. The Balaban J connectivity index is 1.48. The van der Waals surface area contributed by atoms with Gasteiger partial charge in [-0.3, -0.25) is 9.89 Å². The standard InChI is InChI=1S/C21H20F2N4O2/c22-14-7-13(8-15(23)9-14)11-24-16-1-2-19-18(10-16)20(26-25-19)3-4-21(29)27-6-5-17(28)12-27/h1-4,7-10,17,24,28H,5-6,11-12H2,(H,25,26)/b4-3+/t17-/m0/s1. The van der Waals surface area contributed by atoms with Gasteiger partial charge in [-0.2, -0.15) is 5.10 Å². The summed E-state index contributed by atoms with van der Waals surface area (Å²) in [5, 5.41) is 20.6. The van der Waals surface area contributed by atoms with Crippen molar-refractivity contribution in [3.63, 3.8) is 0 Å². The molecule has 1 saturated heterocycles. The van der Waals surface area contributed by atoms with E-state index in [1.165, 1.54) is 18.2 Å². The van der Waals surface area contributed by atoms with E-state index < -0.39 is 17.7 Å². The van der Waals surface area contributed by atoms with Gasteiger partial charge in [-0.15, -0.1) is 0 Å². The predicted molar refractivity (Wildman–Crippen MR) is 106 cm³/mol. The molecule has 1 aliphatic rings. The van der Waals surface area contributed by atoms with Gasteiger partial charge in [-0.05, 0) is 48.4 Å². The van der Waals surface area contributed by atoms with Gasteiger partial charge in [0.05, 0.1) is 17.3 Å². The molecule has 8 heteroatoms. The lowest BCUT2D eigenvalue weighted by atomic mass is 10.1. The van der Waals surface area contributed by atoms with Crippen LogP contribution in [0.3, 0.4) is 0 Å². The first-order valence-electron chi connectivity index (χ1n) is 9.30. The number of carbonyl (C=O) groups is 1. The topological polar surface area (TPSA) is 81.2 Å². The van der Waals surface area contributed by atoms with Crippen LogP contribution in [-0.2, 0) is 11.3 Å². The third kappa shape index (κ3) is 4.43. The molecule has 3 aromatic rings. The first-order valence-corrected chi connectivity index (χ1v) is 9.30. The number of carbonyl (C=O) groups excluding carboxylic acids is 1. The van der Waals surface area contributed by atoms with Gasteiger partial charge in [0.15, 0.2) is 0 Å². The highest BCUT2D eigenvalue weighted by Crippen LogP contribution is 2.22. The van der Waals surface area contributed by atoms with Gasteiger partial charge in [0.2, 0.25) is 5.91 Å². The normalized spacial score (nSPS) is 16.8. The Morgan fingerprint density at radius 2 is 2.07 bits per heavy atom. The fourth-order valence-corrected chi connectivity index (χ4v) is 3.39. The van der Waals surface area contributed by atoms with Crippen molar-refractivity contribution in [3.8, 4) is 0 Å². The molecule has 0 aliphatic carbocycles. The first kappa shape index (κ1) is 19.1. The smallest absolute Gasteiger partial charge is 0.246 e. The van der Waals surface area contributed by atoms with Crippen molar-refractivity contribution in [3.05, 3.63) is 65.4 Å². The number of likely N-dealkylation sites (tertiary alicyclic amines) is 1. The highest BCUT2D eigenvalue weighted by atomic mass is 19.1. The molecular formula is C21H20F2N4O2. The van der Waals surface area contributed by atoms with Crippen LogP contribution in [0.2, 0.25) is 0 Å². The Bertz CT molecular complexity index is 1060. The zero-order chi connectivity index (χ0) is 20.4. The zero-order valence-corrected chi connectivity index (χ0v) is 15.5. The maximum absolute atomic E-state index is 13.3. The lowest BCUT2D eigenvalue weighted by Gasteiger charge is -2.12. The van der Waals surface area contributed by atoms with Crippen molar-refractivity contribution in [2.45, 2.75) is 19.1 Å². The van der Waals surface area contributed by atoms with Crippen LogP contribution in [-0.4, -0.2) is 45.3 Å².